The van der Waals surface area contributed by atoms with Crippen LogP contribution in [0.15, 0.2) is 34.1 Å². The first kappa shape index (κ1) is 12.6. The predicted octanol–water partition coefficient (Wildman–Crippen LogP) is 3.87. The lowest BCUT2D eigenvalue weighted by molar-refractivity contribution is 1.19. The summed E-state index contributed by atoms with van der Waals surface area (Å²) in [5.41, 5.74) is 2.07. The molecule has 0 fully saturated rings. The highest BCUT2D eigenvalue weighted by Crippen LogP contribution is 2.22. The molecule has 0 saturated carbocycles. The van der Waals surface area contributed by atoms with Gasteiger partial charge in [0, 0.05) is 21.3 Å². The quantitative estimate of drug-likeness (QED) is 0.934. The van der Waals surface area contributed by atoms with Crippen molar-refractivity contribution in [3.05, 3.63) is 50.1 Å². The minimum absolute atomic E-state index is 0.599. The second kappa shape index (κ2) is 5.68. The van der Waals surface area contributed by atoms with Crippen LogP contribution in [-0.2, 0) is 6.54 Å². The van der Waals surface area contributed by atoms with Crippen LogP contribution in [0.4, 0.5) is 5.69 Å². The van der Waals surface area contributed by atoms with E-state index in [9.17, 15) is 0 Å². The van der Waals surface area contributed by atoms with E-state index in [0.29, 0.717) is 17.7 Å². The Morgan fingerprint density at radius 2 is 2.06 bits per heavy atom. The Bertz CT molecular complexity index is 649. The Balaban J connectivity index is 2.11. The number of thiophene rings is 1. The third-order valence-electron chi connectivity index (χ3n) is 2.34. The lowest BCUT2D eigenvalue weighted by atomic mass is 10.2. The van der Waals surface area contributed by atoms with E-state index in [1.54, 1.807) is 6.07 Å². The van der Waals surface area contributed by atoms with Crippen molar-refractivity contribution in [1.29, 1.82) is 10.5 Å². The maximum atomic E-state index is 9.03. The van der Waals surface area contributed by atoms with Crippen LogP contribution in [0.3, 0.4) is 0 Å². The summed E-state index contributed by atoms with van der Waals surface area (Å²) in [6.07, 6.45) is 0. The molecule has 1 aromatic heterocycles. The van der Waals surface area contributed by atoms with Gasteiger partial charge in [-0.1, -0.05) is 15.9 Å². The van der Waals surface area contributed by atoms with E-state index >= 15 is 0 Å². The van der Waals surface area contributed by atoms with Crippen LogP contribution in [0.5, 0.6) is 0 Å². The summed E-state index contributed by atoms with van der Waals surface area (Å²) in [5, 5.41) is 22.8. The first-order chi connectivity index (χ1) is 8.72. The van der Waals surface area contributed by atoms with Crippen molar-refractivity contribution in [3.63, 3.8) is 0 Å². The predicted molar refractivity (Wildman–Crippen MR) is 75.2 cm³/mol. The number of halogens is 1. The molecule has 0 saturated heterocycles. The first-order valence-electron chi connectivity index (χ1n) is 5.14. The highest BCUT2D eigenvalue weighted by Gasteiger charge is 2.04. The summed E-state index contributed by atoms with van der Waals surface area (Å²) < 4.78 is 0.882. The van der Waals surface area contributed by atoms with Crippen LogP contribution in [0.25, 0.3) is 0 Å². The summed E-state index contributed by atoms with van der Waals surface area (Å²) in [4.78, 5) is 1.07. The second-order valence-electron chi connectivity index (χ2n) is 3.57. The molecule has 0 aliphatic carbocycles. The van der Waals surface area contributed by atoms with Crippen LogP contribution < -0.4 is 5.32 Å². The minimum Gasteiger partial charge on any atom is -0.379 e. The van der Waals surface area contributed by atoms with Crippen molar-refractivity contribution in [2.75, 3.05) is 5.32 Å². The molecule has 2 aromatic rings. The fourth-order valence-electron chi connectivity index (χ4n) is 1.48. The number of nitrogens with one attached hydrogen (secondary N) is 1. The SMILES string of the molecule is N#Cc1csc(CNc2ccc(Br)cc2C#N)c1. The molecule has 3 nitrogen and oxygen atoms in total. The van der Waals surface area contributed by atoms with Gasteiger partial charge in [-0.2, -0.15) is 10.5 Å². The molecule has 0 radical (unpaired) electrons. The molecule has 1 aromatic carbocycles. The highest BCUT2D eigenvalue weighted by atomic mass is 79.9. The maximum Gasteiger partial charge on any atom is 0.101 e. The highest BCUT2D eigenvalue weighted by molar-refractivity contribution is 9.10. The van der Waals surface area contributed by atoms with Gasteiger partial charge in [0.05, 0.1) is 16.8 Å². The number of rotatable bonds is 3. The van der Waals surface area contributed by atoms with E-state index < -0.39 is 0 Å². The molecule has 0 unspecified atom stereocenters. The summed E-state index contributed by atoms with van der Waals surface area (Å²) in [7, 11) is 0. The summed E-state index contributed by atoms with van der Waals surface area (Å²) >= 11 is 4.87. The third kappa shape index (κ3) is 2.89. The van der Waals surface area contributed by atoms with Gasteiger partial charge >= 0.3 is 0 Å². The van der Waals surface area contributed by atoms with Crippen molar-refractivity contribution >= 4 is 33.0 Å². The van der Waals surface area contributed by atoms with E-state index in [4.69, 9.17) is 10.5 Å². The molecule has 18 heavy (non-hydrogen) atoms. The first-order valence-corrected chi connectivity index (χ1v) is 6.81. The molecule has 2 rings (SSSR count). The summed E-state index contributed by atoms with van der Waals surface area (Å²) in [5.74, 6) is 0. The van der Waals surface area contributed by atoms with Gasteiger partial charge in [-0.05, 0) is 24.3 Å². The average Bonchev–Trinajstić information content (AvgIpc) is 2.85. The Morgan fingerprint density at radius 3 is 2.72 bits per heavy atom. The van der Waals surface area contributed by atoms with Gasteiger partial charge in [0.2, 0.25) is 0 Å². The zero-order valence-electron chi connectivity index (χ0n) is 9.27. The fourth-order valence-corrected chi connectivity index (χ4v) is 2.59. The largest absolute Gasteiger partial charge is 0.379 e. The normalized spacial score (nSPS) is 9.50. The smallest absolute Gasteiger partial charge is 0.101 e. The van der Waals surface area contributed by atoms with Gasteiger partial charge in [0.15, 0.2) is 0 Å². The van der Waals surface area contributed by atoms with Crippen LogP contribution in [-0.4, -0.2) is 0 Å². The van der Waals surface area contributed by atoms with Gasteiger partial charge < -0.3 is 5.32 Å². The molecule has 5 heteroatoms. The molecule has 0 aliphatic heterocycles. The molecular formula is C13H8BrN3S. The van der Waals surface area contributed by atoms with Gasteiger partial charge in [-0.15, -0.1) is 11.3 Å². The number of hydrogen-bond donors (Lipinski definition) is 1. The Hall–Kier alpha value is -1.82. The van der Waals surface area contributed by atoms with Gasteiger partial charge in [-0.25, -0.2) is 0 Å². The van der Waals surface area contributed by atoms with Gasteiger partial charge in [0.25, 0.3) is 0 Å². The van der Waals surface area contributed by atoms with Crippen molar-refractivity contribution in [1.82, 2.24) is 0 Å². The monoisotopic (exact) mass is 317 g/mol. The second-order valence-corrected chi connectivity index (χ2v) is 5.48. The number of benzene rings is 1. The van der Waals surface area contributed by atoms with Crippen LogP contribution in [0.1, 0.15) is 16.0 Å². The van der Waals surface area contributed by atoms with Crippen molar-refractivity contribution in [2.45, 2.75) is 6.54 Å². The molecule has 0 amide bonds. The zero-order valence-corrected chi connectivity index (χ0v) is 11.7. The molecule has 88 valence electrons. The number of nitriles is 2. The van der Waals surface area contributed by atoms with Crippen molar-refractivity contribution in [3.8, 4) is 12.1 Å². The fraction of sp³-hybridized carbons (Fsp3) is 0.0769. The lowest BCUT2D eigenvalue weighted by Crippen LogP contribution is -1.99. The van der Waals surface area contributed by atoms with E-state index in [2.05, 4.69) is 33.4 Å². The maximum absolute atomic E-state index is 9.03. The lowest BCUT2D eigenvalue weighted by Gasteiger charge is -2.07. The minimum atomic E-state index is 0.599. The van der Waals surface area contributed by atoms with Crippen LogP contribution in [0.2, 0.25) is 0 Å². The third-order valence-corrected chi connectivity index (χ3v) is 3.77. The Morgan fingerprint density at radius 1 is 1.22 bits per heavy atom. The van der Waals surface area contributed by atoms with Crippen molar-refractivity contribution < 1.29 is 0 Å². The molecular weight excluding hydrogens is 310 g/mol. The number of nitrogens with zero attached hydrogens (tertiary/aromatic N) is 2. The molecule has 0 bridgehead atoms. The topological polar surface area (TPSA) is 59.6 Å². The van der Waals surface area contributed by atoms with Gasteiger partial charge in [-0.3, -0.25) is 0 Å². The Labute approximate surface area is 117 Å². The standard InChI is InChI=1S/C13H8BrN3S/c14-11-1-2-13(10(4-11)6-16)17-7-12-3-9(5-15)8-18-12/h1-4,8,17H,7H2. The molecule has 0 spiro atoms. The van der Waals surface area contributed by atoms with Crippen molar-refractivity contribution in [2.24, 2.45) is 0 Å². The molecule has 1 N–H and O–H groups in total. The number of hydrogen-bond acceptors (Lipinski definition) is 4. The van der Waals surface area contributed by atoms with E-state index in [-0.39, 0.29) is 0 Å². The molecule has 0 aliphatic rings. The van der Waals surface area contributed by atoms with E-state index in [0.717, 1.165) is 15.0 Å². The Kier molecular flexibility index (Phi) is 3.99. The zero-order chi connectivity index (χ0) is 13.0. The van der Waals surface area contributed by atoms with E-state index in [1.807, 2.05) is 23.6 Å². The van der Waals surface area contributed by atoms with Gasteiger partial charge in [0.1, 0.15) is 12.1 Å². The van der Waals surface area contributed by atoms with Crippen LogP contribution in [0, 0.1) is 22.7 Å². The average molecular weight is 318 g/mol. The summed E-state index contributed by atoms with van der Waals surface area (Å²) in [6.45, 7) is 0.614. The molecule has 1 heterocycles. The number of anilines is 1. The summed E-state index contributed by atoms with van der Waals surface area (Å²) in [6, 6.07) is 11.6. The molecule has 0 atom stereocenters. The van der Waals surface area contributed by atoms with E-state index in [1.165, 1.54) is 11.3 Å². The van der Waals surface area contributed by atoms with Crippen LogP contribution >= 0.6 is 27.3 Å².